The van der Waals surface area contributed by atoms with Crippen molar-refractivity contribution < 1.29 is 9.72 Å². The number of nitro groups is 1. The van der Waals surface area contributed by atoms with Gasteiger partial charge in [-0.1, -0.05) is 41.0 Å². The lowest BCUT2D eigenvalue weighted by molar-refractivity contribution is -0.384. The number of hydrogen-bond acceptors (Lipinski definition) is 8. The van der Waals surface area contributed by atoms with Crippen molar-refractivity contribution in [1.29, 1.82) is 0 Å². The SMILES string of the molecule is O=C(CSc1nnc(-c2ccncc2)n1-c1ccc(Cl)cc1)N/N=C\c1ccc(Cl)c([N+](=O)[O-])c1. The molecular weight excluding hydrogens is 513 g/mol. The molecule has 0 aliphatic rings. The van der Waals surface area contributed by atoms with Crippen LogP contribution in [-0.4, -0.2) is 42.5 Å². The zero-order valence-electron chi connectivity index (χ0n) is 17.7. The molecule has 10 nitrogen and oxygen atoms in total. The highest BCUT2D eigenvalue weighted by molar-refractivity contribution is 7.99. The van der Waals surface area contributed by atoms with E-state index >= 15 is 0 Å². The van der Waals surface area contributed by atoms with Gasteiger partial charge in [0.05, 0.1) is 16.9 Å². The number of hydrazone groups is 1. The van der Waals surface area contributed by atoms with Crippen molar-refractivity contribution in [3.63, 3.8) is 0 Å². The molecule has 4 aromatic rings. The van der Waals surface area contributed by atoms with E-state index in [4.69, 9.17) is 23.2 Å². The van der Waals surface area contributed by atoms with E-state index in [2.05, 4.69) is 25.7 Å². The van der Waals surface area contributed by atoms with Gasteiger partial charge in [-0.2, -0.15) is 5.10 Å². The van der Waals surface area contributed by atoms with Crippen molar-refractivity contribution in [2.75, 3.05) is 5.75 Å². The predicted molar refractivity (Wildman–Crippen MR) is 134 cm³/mol. The quantitative estimate of drug-likeness (QED) is 0.151. The number of nitrogens with one attached hydrogen (secondary N) is 1. The standard InChI is InChI=1S/C22H15Cl2N7O3S/c23-16-2-4-17(5-3-16)30-21(15-7-9-25-10-8-15)28-29-22(30)35-13-20(32)27-26-12-14-1-6-18(24)19(11-14)31(33)34/h1-12H,13H2,(H,27,32)/b26-12-. The van der Waals surface area contributed by atoms with Crippen LogP contribution < -0.4 is 5.43 Å². The number of hydrogen-bond donors (Lipinski definition) is 1. The molecule has 2 aromatic carbocycles. The van der Waals surface area contributed by atoms with Crippen LogP contribution in [0.5, 0.6) is 0 Å². The molecule has 2 heterocycles. The summed E-state index contributed by atoms with van der Waals surface area (Å²) in [7, 11) is 0. The van der Waals surface area contributed by atoms with Crippen molar-refractivity contribution in [2.24, 2.45) is 5.10 Å². The molecule has 1 N–H and O–H groups in total. The van der Waals surface area contributed by atoms with E-state index in [1.165, 1.54) is 30.1 Å². The number of halogens is 2. The van der Waals surface area contributed by atoms with Gasteiger partial charge in [-0.05, 0) is 42.5 Å². The molecule has 4 rings (SSSR count). The molecule has 0 radical (unpaired) electrons. The van der Waals surface area contributed by atoms with Gasteiger partial charge in [0.25, 0.3) is 11.6 Å². The summed E-state index contributed by atoms with van der Waals surface area (Å²) in [6.45, 7) is 0. The molecule has 13 heteroatoms. The zero-order valence-corrected chi connectivity index (χ0v) is 20.0. The van der Waals surface area contributed by atoms with E-state index in [1.54, 1.807) is 30.6 Å². The fourth-order valence-corrected chi connectivity index (χ4v) is 4.02. The number of nitro benzene ring substituents is 1. The van der Waals surface area contributed by atoms with Gasteiger partial charge < -0.3 is 0 Å². The summed E-state index contributed by atoms with van der Waals surface area (Å²) in [5.74, 6) is 0.186. The molecule has 0 saturated carbocycles. The molecule has 0 atom stereocenters. The van der Waals surface area contributed by atoms with Gasteiger partial charge in [-0.3, -0.25) is 24.5 Å². The number of benzene rings is 2. The summed E-state index contributed by atoms with van der Waals surface area (Å²) in [6, 6.07) is 15.0. The number of rotatable bonds is 8. The van der Waals surface area contributed by atoms with E-state index < -0.39 is 10.8 Å². The minimum absolute atomic E-state index is 0.000173. The molecular formula is C22H15Cl2N7O3S. The normalized spacial score (nSPS) is 11.0. The summed E-state index contributed by atoms with van der Waals surface area (Å²) in [4.78, 5) is 26.8. The lowest BCUT2D eigenvalue weighted by atomic mass is 10.2. The van der Waals surface area contributed by atoms with Crippen LogP contribution in [0.15, 0.2) is 77.2 Å². The topological polar surface area (TPSA) is 128 Å². The van der Waals surface area contributed by atoms with Gasteiger partial charge in [-0.25, -0.2) is 5.43 Å². The van der Waals surface area contributed by atoms with Gasteiger partial charge in [0.1, 0.15) is 5.02 Å². The van der Waals surface area contributed by atoms with Crippen LogP contribution in [0.4, 0.5) is 5.69 Å². The number of nitrogens with zero attached hydrogens (tertiary/aromatic N) is 6. The molecule has 0 spiro atoms. The van der Waals surface area contributed by atoms with E-state index in [0.717, 1.165) is 11.3 Å². The Balaban J connectivity index is 1.48. The summed E-state index contributed by atoms with van der Waals surface area (Å²) in [5.41, 5.74) is 4.14. The lowest BCUT2D eigenvalue weighted by Gasteiger charge is -2.10. The summed E-state index contributed by atoms with van der Waals surface area (Å²) in [6.07, 6.45) is 4.61. The Kier molecular flexibility index (Phi) is 7.70. The average molecular weight is 528 g/mol. The molecule has 0 unspecified atom stereocenters. The highest BCUT2D eigenvalue weighted by Gasteiger charge is 2.17. The van der Waals surface area contributed by atoms with Crippen LogP contribution in [0.1, 0.15) is 5.56 Å². The summed E-state index contributed by atoms with van der Waals surface area (Å²) in [5, 5.41) is 24.5. The van der Waals surface area contributed by atoms with Crippen LogP contribution in [0.25, 0.3) is 17.1 Å². The Hall–Kier alpha value is -3.80. The molecule has 1 amide bonds. The molecule has 176 valence electrons. The highest BCUT2D eigenvalue weighted by atomic mass is 35.5. The first-order valence-electron chi connectivity index (χ1n) is 9.93. The summed E-state index contributed by atoms with van der Waals surface area (Å²) < 4.78 is 1.82. The second-order valence-corrected chi connectivity index (χ2v) is 8.69. The first-order valence-corrected chi connectivity index (χ1v) is 11.7. The Bertz CT molecular complexity index is 1400. The van der Waals surface area contributed by atoms with Crippen molar-refractivity contribution in [3.05, 3.63) is 92.7 Å². The fraction of sp³-hybridized carbons (Fsp3) is 0.0455. The third-order valence-corrected chi connectivity index (χ3v) is 6.06. The molecule has 2 aromatic heterocycles. The molecule has 0 aliphatic carbocycles. The van der Waals surface area contributed by atoms with Crippen molar-refractivity contribution in [1.82, 2.24) is 25.2 Å². The van der Waals surface area contributed by atoms with Gasteiger partial charge in [0.15, 0.2) is 11.0 Å². The van der Waals surface area contributed by atoms with Crippen molar-refractivity contribution in [3.8, 4) is 17.1 Å². The number of carbonyl (C=O) groups excluding carboxylic acids is 1. The number of pyridine rings is 1. The van der Waals surface area contributed by atoms with Crippen LogP contribution in [-0.2, 0) is 4.79 Å². The minimum atomic E-state index is -0.591. The first kappa shape index (κ1) is 24.3. The second-order valence-electron chi connectivity index (χ2n) is 6.90. The van der Waals surface area contributed by atoms with E-state index in [0.29, 0.717) is 21.6 Å². The van der Waals surface area contributed by atoms with E-state index in [1.807, 2.05) is 28.8 Å². The van der Waals surface area contributed by atoms with E-state index in [9.17, 15) is 14.9 Å². The largest absolute Gasteiger partial charge is 0.288 e. The lowest BCUT2D eigenvalue weighted by Crippen LogP contribution is -2.20. The Morgan fingerprint density at radius 1 is 1.11 bits per heavy atom. The minimum Gasteiger partial charge on any atom is -0.272 e. The third-order valence-electron chi connectivity index (χ3n) is 4.56. The van der Waals surface area contributed by atoms with Gasteiger partial charge in [0.2, 0.25) is 0 Å². The molecule has 0 aliphatic heterocycles. The monoisotopic (exact) mass is 527 g/mol. The third kappa shape index (κ3) is 6.01. The average Bonchev–Trinajstić information content (AvgIpc) is 3.28. The Labute approximate surface area is 213 Å². The maximum absolute atomic E-state index is 12.3. The molecule has 0 saturated heterocycles. The van der Waals surface area contributed by atoms with Gasteiger partial charge in [-0.15, -0.1) is 10.2 Å². The van der Waals surface area contributed by atoms with Gasteiger partial charge >= 0.3 is 0 Å². The van der Waals surface area contributed by atoms with Crippen molar-refractivity contribution in [2.45, 2.75) is 5.16 Å². The number of amides is 1. The summed E-state index contributed by atoms with van der Waals surface area (Å²) >= 11 is 13.0. The van der Waals surface area contributed by atoms with Gasteiger partial charge in [0, 0.05) is 40.3 Å². The first-order chi connectivity index (χ1) is 16.9. The zero-order chi connectivity index (χ0) is 24.8. The molecule has 0 fully saturated rings. The molecule has 35 heavy (non-hydrogen) atoms. The maximum atomic E-state index is 12.3. The highest BCUT2D eigenvalue weighted by Crippen LogP contribution is 2.28. The molecule has 0 bridgehead atoms. The smallest absolute Gasteiger partial charge is 0.272 e. The van der Waals surface area contributed by atoms with Crippen LogP contribution >= 0.6 is 35.0 Å². The number of aromatic nitrogens is 4. The number of carbonyl (C=O) groups is 1. The predicted octanol–water partition coefficient (Wildman–Crippen LogP) is 4.79. The van der Waals surface area contributed by atoms with E-state index in [-0.39, 0.29) is 16.5 Å². The van der Waals surface area contributed by atoms with Crippen LogP contribution in [0.3, 0.4) is 0 Å². The van der Waals surface area contributed by atoms with Crippen LogP contribution in [0.2, 0.25) is 10.0 Å². The fourth-order valence-electron chi connectivity index (χ4n) is 2.97. The van der Waals surface area contributed by atoms with Crippen molar-refractivity contribution >= 4 is 52.8 Å². The Morgan fingerprint density at radius 2 is 1.86 bits per heavy atom. The van der Waals surface area contributed by atoms with Crippen LogP contribution in [0, 0.1) is 10.1 Å². The number of thioether (sulfide) groups is 1. The second kappa shape index (κ2) is 11.1. The Morgan fingerprint density at radius 3 is 2.57 bits per heavy atom. The maximum Gasteiger partial charge on any atom is 0.288 e.